The number of halogens is 1. The van der Waals surface area contributed by atoms with Gasteiger partial charge in [0.05, 0.1) is 18.3 Å². The largest absolute Gasteiger partial charge is 0.383 e. The van der Waals surface area contributed by atoms with Gasteiger partial charge in [0.15, 0.2) is 0 Å². The van der Waals surface area contributed by atoms with E-state index in [-0.39, 0.29) is 11.6 Å². The number of hydrogen-bond acceptors (Lipinski definition) is 3. The second kappa shape index (κ2) is 4.50. The van der Waals surface area contributed by atoms with Crippen LogP contribution in [0, 0.1) is 17.1 Å². The number of rotatable bonds is 3. The van der Waals surface area contributed by atoms with Crippen molar-refractivity contribution in [3.63, 3.8) is 0 Å². The summed E-state index contributed by atoms with van der Waals surface area (Å²) in [6.07, 6.45) is 1.02. The third-order valence-electron chi connectivity index (χ3n) is 2.92. The SMILES string of the molecule is COC[C@@H]1CCN1c1cccc(F)c1C#N. The molecular formula is C12H13FN2O. The van der Waals surface area contributed by atoms with Crippen molar-refractivity contribution in [1.29, 1.82) is 5.26 Å². The van der Waals surface area contributed by atoms with Crippen LogP contribution in [0.25, 0.3) is 0 Å². The smallest absolute Gasteiger partial charge is 0.143 e. The van der Waals surface area contributed by atoms with Gasteiger partial charge in [0.2, 0.25) is 0 Å². The van der Waals surface area contributed by atoms with Crippen LogP contribution in [-0.2, 0) is 4.74 Å². The summed E-state index contributed by atoms with van der Waals surface area (Å²) in [5.41, 5.74) is 0.805. The first-order chi connectivity index (χ1) is 7.77. The number of anilines is 1. The molecule has 1 heterocycles. The normalized spacial score (nSPS) is 19.1. The van der Waals surface area contributed by atoms with E-state index in [1.54, 1.807) is 19.2 Å². The Kier molecular flexibility index (Phi) is 3.07. The van der Waals surface area contributed by atoms with Crippen LogP contribution < -0.4 is 4.90 Å². The van der Waals surface area contributed by atoms with Crippen LogP contribution in [0.1, 0.15) is 12.0 Å². The summed E-state index contributed by atoms with van der Waals surface area (Å²) < 4.78 is 18.5. The fourth-order valence-electron chi connectivity index (χ4n) is 1.99. The lowest BCUT2D eigenvalue weighted by molar-refractivity contribution is 0.157. The van der Waals surface area contributed by atoms with Gasteiger partial charge >= 0.3 is 0 Å². The number of nitriles is 1. The molecule has 1 saturated heterocycles. The fraction of sp³-hybridized carbons (Fsp3) is 0.417. The van der Waals surface area contributed by atoms with Crippen molar-refractivity contribution < 1.29 is 9.13 Å². The zero-order valence-corrected chi connectivity index (χ0v) is 9.11. The molecule has 4 heteroatoms. The Balaban J connectivity index is 2.28. The van der Waals surface area contributed by atoms with Gasteiger partial charge < -0.3 is 9.64 Å². The average molecular weight is 220 g/mol. The van der Waals surface area contributed by atoms with Gasteiger partial charge in [0, 0.05) is 13.7 Å². The minimum absolute atomic E-state index is 0.128. The van der Waals surface area contributed by atoms with Crippen molar-refractivity contribution in [3.05, 3.63) is 29.6 Å². The van der Waals surface area contributed by atoms with Gasteiger partial charge in [0.25, 0.3) is 0 Å². The molecule has 0 aromatic heterocycles. The van der Waals surface area contributed by atoms with Crippen molar-refractivity contribution >= 4 is 5.69 Å². The number of methoxy groups -OCH3 is 1. The molecule has 3 nitrogen and oxygen atoms in total. The van der Waals surface area contributed by atoms with Crippen LogP contribution in [0.4, 0.5) is 10.1 Å². The van der Waals surface area contributed by atoms with E-state index < -0.39 is 5.82 Å². The van der Waals surface area contributed by atoms with E-state index in [1.165, 1.54) is 6.07 Å². The van der Waals surface area contributed by atoms with E-state index in [0.29, 0.717) is 12.3 Å². The van der Waals surface area contributed by atoms with E-state index in [2.05, 4.69) is 0 Å². The maximum Gasteiger partial charge on any atom is 0.143 e. The lowest BCUT2D eigenvalue weighted by atomic mass is 10.0. The highest BCUT2D eigenvalue weighted by molar-refractivity contribution is 5.61. The average Bonchev–Trinajstić information content (AvgIpc) is 2.25. The second-order valence-corrected chi connectivity index (χ2v) is 3.84. The molecule has 1 fully saturated rings. The minimum Gasteiger partial charge on any atom is -0.383 e. The molecule has 84 valence electrons. The number of ether oxygens (including phenoxy) is 1. The van der Waals surface area contributed by atoms with Crippen LogP contribution in [0.3, 0.4) is 0 Å². The molecule has 1 aliphatic rings. The summed E-state index contributed by atoms with van der Waals surface area (Å²) in [5.74, 6) is -0.455. The summed E-state index contributed by atoms with van der Waals surface area (Å²) in [5, 5.41) is 8.94. The number of nitrogens with zero attached hydrogens (tertiary/aromatic N) is 2. The third kappa shape index (κ3) is 1.74. The van der Waals surface area contributed by atoms with Gasteiger partial charge in [0.1, 0.15) is 17.4 Å². The predicted molar refractivity (Wildman–Crippen MR) is 58.7 cm³/mol. The first-order valence-corrected chi connectivity index (χ1v) is 5.22. The Bertz CT molecular complexity index is 428. The highest BCUT2D eigenvalue weighted by atomic mass is 19.1. The highest BCUT2D eigenvalue weighted by Gasteiger charge is 2.30. The third-order valence-corrected chi connectivity index (χ3v) is 2.92. The van der Waals surface area contributed by atoms with Gasteiger partial charge in [-0.15, -0.1) is 0 Å². The summed E-state index contributed by atoms with van der Waals surface area (Å²) in [7, 11) is 1.65. The lowest BCUT2D eigenvalue weighted by Crippen LogP contribution is -2.50. The molecule has 0 amide bonds. The zero-order chi connectivity index (χ0) is 11.5. The van der Waals surface area contributed by atoms with E-state index in [9.17, 15) is 4.39 Å². The Morgan fingerprint density at radius 1 is 1.62 bits per heavy atom. The molecule has 0 N–H and O–H groups in total. The Hall–Kier alpha value is -1.60. The number of benzene rings is 1. The van der Waals surface area contributed by atoms with Crippen molar-refractivity contribution in [1.82, 2.24) is 0 Å². The molecule has 1 atom stereocenters. The van der Waals surface area contributed by atoms with Gasteiger partial charge in [-0.1, -0.05) is 6.07 Å². The molecule has 0 saturated carbocycles. The summed E-state index contributed by atoms with van der Waals surface area (Å²) in [4.78, 5) is 2.02. The molecule has 1 aromatic rings. The molecule has 0 spiro atoms. The van der Waals surface area contributed by atoms with Crippen molar-refractivity contribution in [3.8, 4) is 6.07 Å². The topological polar surface area (TPSA) is 36.3 Å². The van der Waals surface area contributed by atoms with Crippen molar-refractivity contribution in [2.45, 2.75) is 12.5 Å². The number of hydrogen-bond donors (Lipinski definition) is 0. The Labute approximate surface area is 94.0 Å². The monoisotopic (exact) mass is 220 g/mol. The zero-order valence-electron chi connectivity index (χ0n) is 9.11. The fourth-order valence-corrected chi connectivity index (χ4v) is 1.99. The van der Waals surface area contributed by atoms with E-state index in [1.807, 2.05) is 11.0 Å². The molecule has 0 bridgehead atoms. The van der Waals surface area contributed by atoms with Gasteiger partial charge in [-0.05, 0) is 18.6 Å². The standard InChI is InChI=1S/C12H13FN2O/c1-16-8-9-5-6-15(9)12-4-2-3-11(13)10(12)7-14/h2-4,9H,5-6,8H2,1H3/t9-/m0/s1. The quantitative estimate of drug-likeness (QED) is 0.780. The Morgan fingerprint density at radius 3 is 3.00 bits per heavy atom. The molecule has 1 aromatic carbocycles. The highest BCUT2D eigenvalue weighted by Crippen LogP contribution is 2.30. The minimum atomic E-state index is -0.455. The first-order valence-electron chi connectivity index (χ1n) is 5.22. The molecule has 2 rings (SSSR count). The first kappa shape index (κ1) is 10.9. The molecule has 16 heavy (non-hydrogen) atoms. The molecular weight excluding hydrogens is 207 g/mol. The van der Waals surface area contributed by atoms with E-state index in [4.69, 9.17) is 10.00 Å². The molecule has 0 aliphatic carbocycles. The van der Waals surface area contributed by atoms with Gasteiger partial charge in [-0.25, -0.2) is 4.39 Å². The summed E-state index contributed by atoms with van der Waals surface area (Å²) >= 11 is 0. The van der Waals surface area contributed by atoms with Gasteiger partial charge in [-0.2, -0.15) is 5.26 Å². The lowest BCUT2D eigenvalue weighted by Gasteiger charge is -2.42. The van der Waals surface area contributed by atoms with Crippen LogP contribution in [0.15, 0.2) is 18.2 Å². The van der Waals surface area contributed by atoms with E-state index in [0.717, 1.165) is 13.0 Å². The van der Waals surface area contributed by atoms with Crippen LogP contribution >= 0.6 is 0 Å². The molecule has 1 aliphatic heterocycles. The maximum atomic E-state index is 13.4. The maximum absolute atomic E-state index is 13.4. The van der Waals surface area contributed by atoms with Gasteiger partial charge in [-0.3, -0.25) is 0 Å². The molecule has 0 radical (unpaired) electrons. The van der Waals surface area contributed by atoms with Crippen LogP contribution in [-0.4, -0.2) is 26.3 Å². The van der Waals surface area contributed by atoms with Crippen molar-refractivity contribution in [2.24, 2.45) is 0 Å². The molecule has 0 unspecified atom stereocenters. The predicted octanol–water partition coefficient (Wildman–Crippen LogP) is 1.92. The second-order valence-electron chi connectivity index (χ2n) is 3.84. The van der Waals surface area contributed by atoms with Crippen LogP contribution in [0.5, 0.6) is 0 Å². The van der Waals surface area contributed by atoms with Crippen LogP contribution in [0.2, 0.25) is 0 Å². The van der Waals surface area contributed by atoms with E-state index >= 15 is 0 Å². The summed E-state index contributed by atoms with van der Waals surface area (Å²) in [6, 6.07) is 6.91. The van der Waals surface area contributed by atoms with Crippen molar-refractivity contribution in [2.75, 3.05) is 25.2 Å². The summed E-state index contributed by atoms with van der Waals surface area (Å²) in [6.45, 7) is 1.47. The Morgan fingerprint density at radius 2 is 2.44 bits per heavy atom.